The fourth-order valence-electron chi connectivity index (χ4n) is 1.45. The smallest absolute Gasteiger partial charge is 0.0725 e. The molecule has 74 valence electrons. The summed E-state index contributed by atoms with van der Waals surface area (Å²) in [6, 6.07) is 0.528. The van der Waals surface area contributed by atoms with Gasteiger partial charge in [0.1, 0.15) is 0 Å². The van der Waals surface area contributed by atoms with Gasteiger partial charge in [-0.15, -0.1) is 0 Å². The molecule has 0 saturated carbocycles. The monoisotopic (exact) mass is 173 g/mol. The SMILES string of the molecule is CCCCC(NC)C(NC)NC. The number of hydrogen-bond acceptors (Lipinski definition) is 3. The lowest BCUT2D eigenvalue weighted by atomic mass is 10.1. The molecular formula is C9H23N3. The van der Waals surface area contributed by atoms with Gasteiger partial charge in [0.15, 0.2) is 0 Å². The van der Waals surface area contributed by atoms with Gasteiger partial charge in [-0.2, -0.15) is 0 Å². The van der Waals surface area contributed by atoms with Crippen LogP contribution in [0, 0.1) is 0 Å². The molecular weight excluding hydrogens is 150 g/mol. The zero-order valence-corrected chi connectivity index (χ0v) is 8.78. The van der Waals surface area contributed by atoms with Crippen molar-refractivity contribution < 1.29 is 0 Å². The van der Waals surface area contributed by atoms with Crippen molar-refractivity contribution >= 4 is 0 Å². The van der Waals surface area contributed by atoms with Gasteiger partial charge in [0, 0.05) is 6.04 Å². The van der Waals surface area contributed by atoms with Gasteiger partial charge in [-0.25, -0.2) is 0 Å². The zero-order valence-electron chi connectivity index (χ0n) is 8.78. The van der Waals surface area contributed by atoms with Crippen LogP contribution >= 0.6 is 0 Å². The molecule has 0 aliphatic rings. The van der Waals surface area contributed by atoms with E-state index in [1.54, 1.807) is 0 Å². The Hall–Kier alpha value is -0.120. The first-order valence-electron chi connectivity index (χ1n) is 4.81. The van der Waals surface area contributed by atoms with Gasteiger partial charge in [-0.05, 0) is 27.6 Å². The molecule has 0 aromatic heterocycles. The van der Waals surface area contributed by atoms with Crippen molar-refractivity contribution in [1.29, 1.82) is 0 Å². The average Bonchev–Trinajstić information content (AvgIpc) is 2.12. The molecule has 1 atom stereocenters. The third-order valence-electron chi connectivity index (χ3n) is 2.26. The Morgan fingerprint density at radius 2 is 1.58 bits per heavy atom. The zero-order chi connectivity index (χ0) is 9.40. The Balaban J connectivity index is 3.75. The molecule has 0 aliphatic heterocycles. The van der Waals surface area contributed by atoms with Gasteiger partial charge in [0.05, 0.1) is 6.17 Å². The van der Waals surface area contributed by atoms with E-state index in [1.807, 2.05) is 21.1 Å². The first-order chi connectivity index (χ1) is 5.79. The van der Waals surface area contributed by atoms with E-state index in [0.29, 0.717) is 12.2 Å². The number of rotatable bonds is 7. The Labute approximate surface area is 76.3 Å². The van der Waals surface area contributed by atoms with Crippen LogP contribution in [-0.2, 0) is 0 Å². The van der Waals surface area contributed by atoms with Crippen LogP contribution in [-0.4, -0.2) is 33.4 Å². The summed E-state index contributed by atoms with van der Waals surface area (Å²) in [7, 11) is 5.98. The summed E-state index contributed by atoms with van der Waals surface area (Å²) in [5.41, 5.74) is 0. The van der Waals surface area contributed by atoms with E-state index in [2.05, 4.69) is 22.9 Å². The highest BCUT2D eigenvalue weighted by Gasteiger charge is 2.14. The van der Waals surface area contributed by atoms with Gasteiger partial charge >= 0.3 is 0 Å². The summed E-state index contributed by atoms with van der Waals surface area (Å²) in [5, 5.41) is 9.79. The van der Waals surface area contributed by atoms with E-state index in [4.69, 9.17) is 0 Å². The maximum Gasteiger partial charge on any atom is 0.0725 e. The molecule has 0 spiro atoms. The second kappa shape index (κ2) is 7.53. The highest BCUT2D eigenvalue weighted by molar-refractivity contribution is 4.76. The first kappa shape index (κ1) is 11.9. The van der Waals surface area contributed by atoms with E-state index >= 15 is 0 Å². The van der Waals surface area contributed by atoms with Crippen molar-refractivity contribution in [2.75, 3.05) is 21.1 Å². The fraction of sp³-hybridized carbons (Fsp3) is 1.00. The lowest BCUT2D eigenvalue weighted by Crippen LogP contribution is -2.52. The molecule has 0 radical (unpaired) electrons. The third-order valence-corrected chi connectivity index (χ3v) is 2.26. The van der Waals surface area contributed by atoms with Crippen LogP contribution in [0.4, 0.5) is 0 Å². The minimum atomic E-state index is 0.376. The first-order valence-corrected chi connectivity index (χ1v) is 4.81. The summed E-state index contributed by atoms with van der Waals surface area (Å²) in [4.78, 5) is 0. The van der Waals surface area contributed by atoms with E-state index < -0.39 is 0 Å². The number of hydrogen-bond donors (Lipinski definition) is 3. The third kappa shape index (κ3) is 4.04. The van der Waals surface area contributed by atoms with Gasteiger partial charge in [-0.1, -0.05) is 19.8 Å². The molecule has 0 saturated heterocycles. The number of nitrogens with one attached hydrogen (secondary N) is 3. The maximum atomic E-state index is 3.31. The van der Waals surface area contributed by atoms with Crippen molar-refractivity contribution in [3.05, 3.63) is 0 Å². The predicted molar refractivity (Wildman–Crippen MR) is 54.3 cm³/mol. The quantitative estimate of drug-likeness (QED) is 0.492. The van der Waals surface area contributed by atoms with E-state index in [1.165, 1.54) is 19.3 Å². The Kier molecular flexibility index (Phi) is 7.45. The molecule has 0 aromatic rings. The molecule has 12 heavy (non-hydrogen) atoms. The topological polar surface area (TPSA) is 36.1 Å². The summed E-state index contributed by atoms with van der Waals surface area (Å²) in [6.07, 6.45) is 4.14. The Morgan fingerprint density at radius 1 is 1.00 bits per heavy atom. The highest BCUT2D eigenvalue weighted by atomic mass is 15.1. The van der Waals surface area contributed by atoms with Crippen LogP contribution in [0.2, 0.25) is 0 Å². The van der Waals surface area contributed by atoms with Crippen molar-refractivity contribution in [3.8, 4) is 0 Å². The summed E-state index contributed by atoms with van der Waals surface area (Å²) in [5.74, 6) is 0. The molecule has 0 fully saturated rings. The highest BCUT2D eigenvalue weighted by Crippen LogP contribution is 2.02. The molecule has 0 amide bonds. The van der Waals surface area contributed by atoms with Crippen molar-refractivity contribution in [2.45, 2.75) is 38.4 Å². The van der Waals surface area contributed by atoms with Crippen LogP contribution < -0.4 is 16.0 Å². The standard InChI is InChI=1S/C9H23N3/c1-5-6-7-8(10-2)9(11-3)12-4/h8-12H,5-7H2,1-4H3. The lowest BCUT2D eigenvalue weighted by Gasteiger charge is -2.25. The van der Waals surface area contributed by atoms with E-state index in [9.17, 15) is 0 Å². The normalized spacial score (nSPS) is 13.8. The second-order valence-corrected chi connectivity index (χ2v) is 3.09. The Bertz CT molecular complexity index is 91.8. The van der Waals surface area contributed by atoms with Gasteiger partial charge < -0.3 is 16.0 Å². The number of unbranched alkanes of at least 4 members (excludes halogenated alkanes) is 1. The summed E-state index contributed by atoms with van der Waals surface area (Å²) < 4.78 is 0. The maximum absolute atomic E-state index is 3.31. The van der Waals surface area contributed by atoms with E-state index in [-0.39, 0.29) is 0 Å². The lowest BCUT2D eigenvalue weighted by molar-refractivity contribution is 0.344. The van der Waals surface area contributed by atoms with Crippen LogP contribution in [0.5, 0.6) is 0 Å². The van der Waals surface area contributed by atoms with Crippen LogP contribution in [0.25, 0.3) is 0 Å². The molecule has 0 aromatic carbocycles. The molecule has 1 unspecified atom stereocenters. The van der Waals surface area contributed by atoms with Crippen LogP contribution in [0.15, 0.2) is 0 Å². The predicted octanol–water partition coefficient (Wildman–Crippen LogP) is 0.530. The molecule has 0 rings (SSSR count). The second-order valence-electron chi connectivity index (χ2n) is 3.09. The van der Waals surface area contributed by atoms with Crippen molar-refractivity contribution in [3.63, 3.8) is 0 Å². The molecule has 3 N–H and O–H groups in total. The summed E-state index contributed by atoms with van der Waals surface area (Å²) >= 11 is 0. The summed E-state index contributed by atoms with van der Waals surface area (Å²) in [6.45, 7) is 2.22. The van der Waals surface area contributed by atoms with Crippen molar-refractivity contribution in [2.24, 2.45) is 0 Å². The fourth-order valence-corrected chi connectivity index (χ4v) is 1.45. The largest absolute Gasteiger partial charge is 0.314 e. The minimum Gasteiger partial charge on any atom is -0.314 e. The molecule has 0 bridgehead atoms. The molecule has 0 heterocycles. The minimum absolute atomic E-state index is 0.376. The van der Waals surface area contributed by atoms with Gasteiger partial charge in [0.2, 0.25) is 0 Å². The van der Waals surface area contributed by atoms with Crippen LogP contribution in [0.3, 0.4) is 0 Å². The van der Waals surface area contributed by atoms with Crippen molar-refractivity contribution in [1.82, 2.24) is 16.0 Å². The van der Waals surface area contributed by atoms with E-state index in [0.717, 1.165) is 0 Å². The molecule has 3 nitrogen and oxygen atoms in total. The number of likely N-dealkylation sites (N-methyl/N-ethyl adjacent to an activating group) is 3. The average molecular weight is 173 g/mol. The van der Waals surface area contributed by atoms with Gasteiger partial charge in [-0.3, -0.25) is 0 Å². The Morgan fingerprint density at radius 3 is 1.92 bits per heavy atom. The van der Waals surface area contributed by atoms with Gasteiger partial charge in [0.25, 0.3) is 0 Å². The molecule has 3 heteroatoms. The molecule has 0 aliphatic carbocycles. The van der Waals surface area contributed by atoms with Crippen LogP contribution in [0.1, 0.15) is 26.2 Å².